The monoisotopic (exact) mass is 639 g/mol. The Kier molecular flexibility index (Phi) is 9.86. The number of amides is 2. The number of nitrogens with one attached hydrogen (secondary N) is 2. The minimum atomic E-state index is -4.64. The van der Waals surface area contributed by atoms with Gasteiger partial charge in [0.05, 0.1) is 53.5 Å². The number of methoxy groups -OCH3 is 2. The zero-order chi connectivity index (χ0) is 30.4. The molecule has 0 spiro atoms. The van der Waals surface area contributed by atoms with Crippen molar-refractivity contribution in [1.82, 2.24) is 20.1 Å². The second-order valence-corrected chi connectivity index (χ2v) is 10.2. The first kappa shape index (κ1) is 31.0. The van der Waals surface area contributed by atoms with Crippen molar-refractivity contribution in [3.63, 3.8) is 0 Å². The Morgan fingerprint density at radius 2 is 1.69 bits per heavy atom. The summed E-state index contributed by atoms with van der Waals surface area (Å²) in [5.41, 5.74) is -0.538. The smallest absolute Gasteiger partial charge is 0.418 e. The van der Waals surface area contributed by atoms with Crippen molar-refractivity contribution >= 4 is 52.5 Å². The van der Waals surface area contributed by atoms with Gasteiger partial charge in [0.1, 0.15) is 0 Å². The zero-order valence-electron chi connectivity index (χ0n) is 22.0. The lowest BCUT2D eigenvalue weighted by Gasteiger charge is -2.14. The molecule has 0 radical (unpaired) electrons. The molecule has 2 amide bonds. The molecule has 0 bridgehead atoms. The van der Waals surface area contributed by atoms with Crippen LogP contribution in [0.15, 0.2) is 65.8 Å². The molecule has 42 heavy (non-hydrogen) atoms. The predicted molar refractivity (Wildman–Crippen MR) is 153 cm³/mol. The van der Waals surface area contributed by atoms with E-state index in [1.165, 1.54) is 38.5 Å². The van der Waals surface area contributed by atoms with Crippen molar-refractivity contribution in [2.24, 2.45) is 0 Å². The summed E-state index contributed by atoms with van der Waals surface area (Å²) < 4.78 is 52.0. The number of carbonyl (C=O) groups is 2. The van der Waals surface area contributed by atoms with Gasteiger partial charge in [0.2, 0.25) is 5.91 Å². The van der Waals surface area contributed by atoms with E-state index < -0.39 is 23.6 Å². The summed E-state index contributed by atoms with van der Waals surface area (Å²) in [5, 5.41) is 14.1. The third-order valence-corrected chi connectivity index (χ3v) is 7.42. The van der Waals surface area contributed by atoms with Gasteiger partial charge in [-0.1, -0.05) is 47.1 Å². The highest BCUT2D eigenvalue weighted by atomic mass is 35.5. The number of benzene rings is 3. The largest absolute Gasteiger partial charge is 0.493 e. The fourth-order valence-electron chi connectivity index (χ4n) is 3.79. The van der Waals surface area contributed by atoms with Crippen molar-refractivity contribution in [1.29, 1.82) is 0 Å². The fourth-order valence-corrected chi connectivity index (χ4v) is 4.85. The lowest BCUT2D eigenvalue weighted by Crippen LogP contribution is -2.24. The molecule has 2 N–H and O–H groups in total. The van der Waals surface area contributed by atoms with E-state index in [1.807, 2.05) is 0 Å². The molecule has 9 nitrogen and oxygen atoms in total. The summed E-state index contributed by atoms with van der Waals surface area (Å²) in [6.45, 7) is -0.0772. The molecular weight excluding hydrogens is 618 g/mol. The number of rotatable bonds is 10. The number of thioether (sulfide) groups is 1. The van der Waals surface area contributed by atoms with Crippen molar-refractivity contribution in [2.75, 3.05) is 25.3 Å². The molecule has 3 aromatic carbocycles. The molecule has 1 aromatic heterocycles. The normalized spacial score (nSPS) is 11.2. The van der Waals surface area contributed by atoms with E-state index in [0.29, 0.717) is 27.8 Å². The molecule has 1 heterocycles. The first-order chi connectivity index (χ1) is 20.0. The number of ether oxygens (including phenoxy) is 2. The summed E-state index contributed by atoms with van der Waals surface area (Å²) in [7, 11) is 2.93. The van der Waals surface area contributed by atoms with Gasteiger partial charge in [0, 0.05) is 5.56 Å². The van der Waals surface area contributed by atoms with Crippen molar-refractivity contribution in [3.8, 4) is 17.2 Å². The Bertz CT molecular complexity index is 1620. The maximum atomic E-state index is 13.3. The van der Waals surface area contributed by atoms with Crippen LogP contribution in [0.25, 0.3) is 5.69 Å². The van der Waals surface area contributed by atoms with Crippen molar-refractivity contribution in [3.05, 3.63) is 87.7 Å². The highest BCUT2D eigenvalue weighted by molar-refractivity contribution is 7.99. The van der Waals surface area contributed by atoms with E-state index in [4.69, 9.17) is 32.7 Å². The lowest BCUT2D eigenvalue weighted by molar-refractivity contribution is -0.137. The average molecular weight is 640 g/mol. The quantitative estimate of drug-likeness (QED) is 0.197. The molecule has 0 aliphatic heterocycles. The second kappa shape index (κ2) is 13.4. The number of carbonyl (C=O) groups excluding carboxylic acids is 2. The molecule has 0 saturated heterocycles. The summed E-state index contributed by atoms with van der Waals surface area (Å²) in [5.74, 6) is -0.295. The van der Waals surface area contributed by atoms with Gasteiger partial charge in [-0.2, -0.15) is 13.2 Å². The number of aromatic nitrogens is 3. The topological polar surface area (TPSA) is 107 Å². The van der Waals surface area contributed by atoms with Crippen molar-refractivity contribution in [2.45, 2.75) is 17.9 Å². The summed E-state index contributed by atoms with van der Waals surface area (Å²) in [6.07, 6.45) is -4.64. The zero-order valence-corrected chi connectivity index (χ0v) is 24.3. The Hall–Kier alpha value is -3.94. The van der Waals surface area contributed by atoms with Crippen LogP contribution in [-0.2, 0) is 17.5 Å². The molecule has 4 rings (SSSR count). The van der Waals surface area contributed by atoms with Gasteiger partial charge in [-0.05, 0) is 48.5 Å². The lowest BCUT2D eigenvalue weighted by atomic mass is 10.1. The summed E-state index contributed by atoms with van der Waals surface area (Å²) in [6, 6.07) is 14.1. The van der Waals surface area contributed by atoms with Crippen LogP contribution in [-0.4, -0.2) is 46.6 Å². The van der Waals surface area contributed by atoms with Crippen LogP contribution in [0.3, 0.4) is 0 Å². The minimum absolute atomic E-state index is 0.0772. The first-order valence-corrected chi connectivity index (χ1v) is 13.7. The van der Waals surface area contributed by atoms with Gasteiger partial charge in [-0.3, -0.25) is 14.2 Å². The predicted octanol–water partition coefficient (Wildman–Crippen LogP) is 6.27. The van der Waals surface area contributed by atoms with E-state index in [-0.39, 0.29) is 34.0 Å². The number of alkyl halides is 3. The molecule has 0 aliphatic carbocycles. The van der Waals surface area contributed by atoms with Gasteiger partial charge in [-0.15, -0.1) is 10.2 Å². The first-order valence-electron chi connectivity index (χ1n) is 12.0. The van der Waals surface area contributed by atoms with Crippen LogP contribution in [0.2, 0.25) is 10.0 Å². The minimum Gasteiger partial charge on any atom is -0.493 e. The summed E-state index contributed by atoms with van der Waals surface area (Å²) in [4.78, 5) is 25.5. The number of hydrogen-bond acceptors (Lipinski definition) is 7. The molecule has 220 valence electrons. The highest BCUT2D eigenvalue weighted by Gasteiger charge is 2.33. The highest BCUT2D eigenvalue weighted by Crippen LogP contribution is 2.35. The van der Waals surface area contributed by atoms with E-state index in [1.54, 1.807) is 34.9 Å². The number of nitrogens with zero attached hydrogens (tertiary/aromatic N) is 3. The SMILES string of the molecule is COc1ccc(C(=O)NCc2nnc(SCC(=O)Nc3ccccc3C(F)(F)F)n2-c2ccc(Cl)c(Cl)c2)cc1OC. The Morgan fingerprint density at radius 3 is 2.38 bits per heavy atom. The molecule has 0 fully saturated rings. The molecule has 0 aliphatic rings. The van der Waals surface area contributed by atoms with E-state index in [9.17, 15) is 22.8 Å². The standard InChI is InChI=1S/C27H22Cl2F3N5O4S/c1-40-21-10-7-15(11-22(21)41-2)25(39)33-13-23-35-36-26(37(23)16-8-9-18(28)19(29)12-16)42-14-24(38)34-20-6-4-3-5-17(20)27(30,31)32/h3-12H,13-14H2,1-2H3,(H,33,39)(H,34,38). The number of anilines is 1. The van der Waals surface area contributed by atoms with Crippen LogP contribution in [0.4, 0.5) is 18.9 Å². The number of halogens is 5. The summed E-state index contributed by atoms with van der Waals surface area (Å²) >= 11 is 13.2. The van der Waals surface area contributed by atoms with Crippen molar-refractivity contribution < 1.29 is 32.2 Å². The van der Waals surface area contributed by atoms with E-state index in [0.717, 1.165) is 17.8 Å². The Labute approximate surface area is 252 Å². The third kappa shape index (κ3) is 7.27. The van der Waals surface area contributed by atoms with Gasteiger partial charge in [0.15, 0.2) is 22.5 Å². The molecule has 0 saturated carbocycles. The van der Waals surface area contributed by atoms with Crippen LogP contribution >= 0.6 is 35.0 Å². The molecule has 0 unspecified atom stereocenters. The van der Waals surface area contributed by atoms with Crippen LogP contribution in [0.5, 0.6) is 11.5 Å². The van der Waals surface area contributed by atoms with Crippen LogP contribution < -0.4 is 20.1 Å². The van der Waals surface area contributed by atoms with Gasteiger partial charge in [-0.25, -0.2) is 0 Å². The van der Waals surface area contributed by atoms with E-state index >= 15 is 0 Å². The van der Waals surface area contributed by atoms with Gasteiger partial charge < -0.3 is 20.1 Å². The molecule has 4 aromatic rings. The maximum Gasteiger partial charge on any atom is 0.418 e. The Balaban J connectivity index is 1.54. The second-order valence-electron chi connectivity index (χ2n) is 8.47. The van der Waals surface area contributed by atoms with E-state index in [2.05, 4.69) is 20.8 Å². The Morgan fingerprint density at radius 1 is 0.952 bits per heavy atom. The number of para-hydroxylation sites is 1. The van der Waals surface area contributed by atoms with Gasteiger partial charge >= 0.3 is 6.18 Å². The van der Waals surface area contributed by atoms with Crippen LogP contribution in [0.1, 0.15) is 21.7 Å². The third-order valence-electron chi connectivity index (χ3n) is 5.75. The average Bonchev–Trinajstić information content (AvgIpc) is 3.38. The molecule has 15 heteroatoms. The van der Waals surface area contributed by atoms with Crippen LogP contribution in [0, 0.1) is 0 Å². The maximum absolute atomic E-state index is 13.3. The molecular formula is C27H22Cl2F3N5O4S. The fraction of sp³-hybridized carbons (Fsp3) is 0.185. The van der Waals surface area contributed by atoms with Gasteiger partial charge in [0.25, 0.3) is 5.91 Å². The molecule has 0 atom stereocenters. The number of hydrogen-bond donors (Lipinski definition) is 2.